The molecule has 0 unspecified atom stereocenters. The highest BCUT2D eigenvalue weighted by atomic mass is 19.4. The number of hydrogen-bond donors (Lipinski definition) is 1. The van der Waals surface area contributed by atoms with E-state index in [0.717, 1.165) is 6.07 Å². The zero-order valence-corrected chi connectivity index (χ0v) is 9.04. The molecule has 0 bridgehead atoms. The van der Waals surface area contributed by atoms with Crippen molar-refractivity contribution in [2.24, 2.45) is 7.05 Å². The van der Waals surface area contributed by atoms with Gasteiger partial charge < -0.3 is 9.73 Å². The quantitative estimate of drug-likeness (QED) is 0.847. The van der Waals surface area contributed by atoms with Crippen LogP contribution in [0.1, 0.15) is 0 Å². The number of fused-ring (bicyclic) bond motifs is 1. The number of aryl methyl sites for hydroxylation is 1. The molecule has 1 aromatic carbocycles. The largest absolute Gasteiger partial charge is 0.471 e. The van der Waals surface area contributed by atoms with Gasteiger partial charge in [0.15, 0.2) is 5.58 Å². The molecule has 0 aliphatic carbocycles. The molecule has 1 aromatic heterocycles. The lowest BCUT2D eigenvalue weighted by Gasteiger charge is -2.07. The Morgan fingerprint density at radius 3 is 2.67 bits per heavy atom. The van der Waals surface area contributed by atoms with Gasteiger partial charge in [-0.05, 0) is 12.1 Å². The van der Waals surface area contributed by atoms with Gasteiger partial charge in [-0.15, -0.1) is 0 Å². The third-order valence-electron chi connectivity index (χ3n) is 2.31. The molecule has 0 spiro atoms. The van der Waals surface area contributed by atoms with E-state index in [4.69, 9.17) is 4.42 Å². The maximum atomic E-state index is 12.0. The Labute approximate surface area is 97.8 Å². The number of hydrogen-bond acceptors (Lipinski definition) is 3. The number of anilines is 1. The summed E-state index contributed by atoms with van der Waals surface area (Å²) in [5.74, 6) is -2.72. The summed E-state index contributed by atoms with van der Waals surface area (Å²) >= 11 is 0. The summed E-state index contributed by atoms with van der Waals surface area (Å²) < 4.78 is 42.1. The molecule has 1 amide bonds. The SMILES string of the molecule is Cn1c(=O)oc2cc(NC(=O)C(F)(F)F)ccc21. The predicted octanol–water partition coefficient (Wildman–Crippen LogP) is 1.63. The van der Waals surface area contributed by atoms with E-state index in [0.29, 0.717) is 5.52 Å². The summed E-state index contributed by atoms with van der Waals surface area (Å²) in [7, 11) is 1.46. The van der Waals surface area contributed by atoms with Crippen LogP contribution in [-0.4, -0.2) is 16.7 Å². The van der Waals surface area contributed by atoms with Crippen LogP contribution >= 0.6 is 0 Å². The molecule has 2 aromatic rings. The van der Waals surface area contributed by atoms with Gasteiger partial charge in [0, 0.05) is 18.8 Å². The van der Waals surface area contributed by atoms with Crippen molar-refractivity contribution >= 4 is 22.7 Å². The molecule has 0 aliphatic heterocycles. The molecule has 0 saturated carbocycles. The van der Waals surface area contributed by atoms with E-state index in [-0.39, 0.29) is 11.3 Å². The van der Waals surface area contributed by atoms with Crippen molar-refractivity contribution in [2.75, 3.05) is 5.32 Å². The minimum Gasteiger partial charge on any atom is -0.408 e. The molecule has 96 valence electrons. The van der Waals surface area contributed by atoms with Crippen LogP contribution < -0.4 is 11.1 Å². The fourth-order valence-corrected chi connectivity index (χ4v) is 1.41. The monoisotopic (exact) mass is 260 g/mol. The fourth-order valence-electron chi connectivity index (χ4n) is 1.41. The van der Waals surface area contributed by atoms with Crippen molar-refractivity contribution in [2.45, 2.75) is 6.18 Å². The van der Waals surface area contributed by atoms with Crippen LogP contribution in [0.2, 0.25) is 0 Å². The highest BCUT2D eigenvalue weighted by molar-refractivity contribution is 5.96. The summed E-state index contributed by atoms with van der Waals surface area (Å²) in [4.78, 5) is 21.9. The van der Waals surface area contributed by atoms with Crippen LogP contribution in [0.3, 0.4) is 0 Å². The van der Waals surface area contributed by atoms with E-state index in [1.54, 1.807) is 5.32 Å². The number of amides is 1. The number of halogens is 3. The minimum atomic E-state index is -4.97. The number of nitrogens with one attached hydrogen (secondary N) is 1. The molecule has 1 N–H and O–H groups in total. The zero-order chi connectivity index (χ0) is 13.5. The second-order valence-corrected chi connectivity index (χ2v) is 3.56. The number of carbonyl (C=O) groups is 1. The maximum Gasteiger partial charge on any atom is 0.471 e. The number of aromatic nitrogens is 1. The number of alkyl halides is 3. The van der Waals surface area contributed by atoms with E-state index < -0.39 is 17.8 Å². The van der Waals surface area contributed by atoms with E-state index >= 15 is 0 Å². The van der Waals surface area contributed by atoms with Gasteiger partial charge in [-0.25, -0.2) is 4.79 Å². The number of rotatable bonds is 1. The third kappa shape index (κ3) is 2.08. The molecule has 8 heteroatoms. The van der Waals surface area contributed by atoms with Crippen molar-refractivity contribution in [3.8, 4) is 0 Å². The van der Waals surface area contributed by atoms with Gasteiger partial charge in [0.2, 0.25) is 0 Å². The van der Waals surface area contributed by atoms with Crippen molar-refractivity contribution in [1.29, 1.82) is 0 Å². The van der Waals surface area contributed by atoms with Crippen molar-refractivity contribution in [1.82, 2.24) is 4.57 Å². The molecule has 1 heterocycles. The Bertz CT molecular complexity index is 669. The number of carbonyl (C=O) groups excluding carboxylic acids is 1. The van der Waals surface area contributed by atoms with Gasteiger partial charge in [-0.3, -0.25) is 9.36 Å². The highest BCUT2D eigenvalue weighted by Gasteiger charge is 2.38. The second kappa shape index (κ2) is 3.90. The van der Waals surface area contributed by atoms with Gasteiger partial charge >= 0.3 is 17.8 Å². The normalized spacial score (nSPS) is 11.8. The smallest absolute Gasteiger partial charge is 0.408 e. The van der Waals surface area contributed by atoms with Crippen molar-refractivity contribution in [3.63, 3.8) is 0 Å². The summed E-state index contributed by atoms with van der Waals surface area (Å²) in [6, 6.07) is 3.79. The zero-order valence-electron chi connectivity index (χ0n) is 9.04. The summed E-state index contributed by atoms with van der Waals surface area (Å²) in [6.45, 7) is 0. The molecule has 0 atom stereocenters. The van der Waals surface area contributed by atoms with Crippen LogP contribution in [0.15, 0.2) is 27.4 Å². The van der Waals surface area contributed by atoms with Crippen LogP contribution in [0.5, 0.6) is 0 Å². The van der Waals surface area contributed by atoms with Gasteiger partial charge in [0.05, 0.1) is 5.52 Å². The maximum absolute atomic E-state index is 12.0. The molecule has 0 fully saturated rings. The van der Waals surface area contributed by atoms with Gasteiger partial charge in [-0.2, -0.15) is 13.2 Å². The van der Waals surface area contributed by atoms with E-state index in [1.807, 2.05) is 0 Å². The lowest BCUT2D eigenvalue weighted by molar-refractivity contribution is -0.167. The van der Waals surface area contributed by atoms with Gasteiger partial charge in [0.25, 0.3) is 0 Å². The molecular weight excluding hydrogens is 253 g/mol. The minimum absolute atomic E-state index is 0.0980. The fraction of sp³-hybridized carbons (Fsp3) is 0.200. The first-order chi connectivity index (χ1) is 8.29. The van der Waals surface area contributed by atoms with Gasteiger partial charge in [0.1, 0.15) is 0 Å². The molecule has 0 aliphatic rings. The first-order valence-electron chi connectivity index (χ1n) is 4.77. The molecular formula is C10H7F3N2O3. The first-order valence-corrected chi connectivity index (χ1v) is 4.77. The number of oxazole rings is 1. The third-order valence-corrected chi connectivity index (χ3v) is 2.31. The number of benzene rings is 1. The van der Waals surface area contributed by atoms with Crippen molar-refractivity contribution in [3.05, 3.63) is 28.7 Å². The van der Waals surface area contributed by atoms with Crippen LogP contribution in [0, 0.1) is 0 Å². The van der Waals surface area contributed by atoms with E-state index in [2.05, 4.69) is 0 Å². The Kier molecular flexibility index (Phi) is 2.64. The Morgan fingerprint density at radius 1 is 1.39 bits per heavy atom. The topological polar surface area (TPSA) is 64.2 Å². The summed E-state index contributed by atoms with van der Waals surface area (Å²) in [6.07, 6.45) is -4.97. The van der Waals surface area contributed by atoms with E-state index in [9.17, 15) is 22.8 Å². The molecule has 0 radical (unpaired) electrons. The average Bonchev–Trinajstić information content (AvgIpc) is 2.53. The molecule has 5 nitrogen and oxygen atoms in total. The predicted molar refractivity (Wildman–Crippen MR) is 56.1 cm³/mol. The van der Waals surface area contributed by atoms with Crippen LogP contribution in [0.4, 0.5) is 18.9 Å². The lowest BCUT2D eigenvalue weighted by Crippen LogP contribution is -2.29. The van der Waals surface area contributed by atoms with Crippen LogP contribution in [-0.2, 0) is 11.8 Å². The molecule has 18 heavy (non-hydrogen) atoms. The van der Waals surface area contributed by atoms with Crippen LogP contribution in [0.25, 0.3) is 11.1 Å². The Balaban J connectivity index is 2.37. The lowest BCUT2D eigenvalue weighted by atomic mass is 10.3. The number of nitrogens with zero attached hydrogens (tertiary/aromatic N) is 1. The Hall–Kier alpha value is -2.25. The van der Waals surface area contributed by atoms with Crippen molar-refractivity contribution < 1.29 is 22.4 Å². The van der Waals surface area contributed by atoms with Gasteiger partial charge in [-0.1, -0.05) is 0 Å². The molecule has 0 saturated heterocycles. The average molecular weight is 260 g/mol. The standard InChI is InChI=1S/C10H7F3N2O3/c1-15-6-3-2-5(4-7(6)18-9(15)17)14-8(16)10(11,12)13/h2-4H,1H3,(H,14,16). The second-order valence-electron chi connectivity index (χ2n) is 3.56. The first kappa shape index (κ1) is 12.2. The summed E-state index contributed by atoms with van der Waals surface area (Å²) in [5, 5.41) is 1.67. The Morgan fingerprint density at radius 2 is 2.06 bits per heavy atom. The summed E-state index contributed by atoms with van der Waals surface area (Å²) in [5.41, 5.74) is 0.423. The highest BCUT2D eigenvalue weighted by Crippen LogP contribution is 2.21. The molecule has 2 rings (SSSR count). The van der Waals surface area contributed by atoms with E-state index in [1.165, 1.54) is 23.7 Å².